The molecule has 3 N–H and O–H groups in total. The molecular formula is C38H43N5O5. The summed E-state index contributed by atoms with van der Waals surface area (Å²) < 4.78 is 5.53. The molecule has 10 nitrogen and oxygen atoms in total. The Morgan fingerprint density at radius 3 is 2.31 bits per heavy atom. The minimum Gasteiger partial charge on any atom is -0.444 e. The second-order valence-corrected chi connectivity index (χ2v) is 13.7. The molecule has 0 aliphatic carbocycles. The van der Waals surface area contributed by atoms with Gasteiger partial charge in [-0.25, -0.2) is 9.59 Å². The molecule has 10 heteroatoms. The van der Waals surface area contributed by atoms with Crippen LogP contribution in [0.2, 0.25) is 0 Å². The summed E-state index contributed by atoms with van der Waals surface area (Å²) >= 11 is 0. The van der Waals surface area contributed by atoms with Crippen LogP contribution in [0.3, 0.4) is 0 Å². The van der Waals surface area contributed by atoms with Crippen molar-refractivity contribution in [3.8, 4) is 0 Å². The Bertz CT molecular complexity index is 1770. The molecule has 0 saturated carbocycles. The summed E-state index contributed by atoms with van der Waals surface area (Å²) in [6.45, 7) is 5.96. The van der Waals surface area contributed by atoms with E-state index >= 15 is 0 Å². The number of para-hydroxylation sites is 1. The van der Waals surface area contributed by atoms with Crippen LogP contribution in [0.25, 0.3) is 10.9 Å². The number of alkyl carbamates (subject to hydrolysis) is 1. The third-order valence-electron chi connectivity index (χ3n) is 9.07. The molecule has 0 radical (unpaired) electrons. The van der Waals surface area contributed by atoms with Gasteiger partial charge in [-0.15, -0.1) is 0 Å². The average Bonchev–Trinajstić information content (AvgIpc) is 3.47. The Morgan fingerprint density at radius 2 is 1.60 bits per heavy atom. The minimum atomic E-state index is -0.966. The topological polar surface area (TPSA) is 124 Å². The number of carbonyl (C=O) groups is 4. The summed E-state index contributed by atoms with van der Waals surface area (Å²) in [5.41, 5.74) is 2.88. The lowest BCUT2D eigenvalue weighted by Crippen LogP contribution is -2.70. The molecule has 2 saturated heterocycles. The van der Waals surface area contributed by atoms with Gasteiger partial charge in [-0.3, -0.25) is 14.5 Å². The van der Waals surface area contributed by atoms with Gasteiger partial charge in [0.25, 0.3) is 0 Å². The maximum Gasteiger partial charge on any atom is 0.408 e. The van der Waals surface area contributed by atoms with Crippen LogP contribution in [-0.2, 0) is 33.7 Å². The standard InChI is InChI=1S/C38H43N5O5/c1-38(2,3)48-36(46)41-32(22-27-23-39-30-18-11-10-17-28(27)30)34(44)40-31-19-12-20-42-33(31)29(21-25-13-6-4-7-14-25)35(45)43(37(42)47)24-26-15-8-5-9-16-26/h4-11,13-18,23,29,31-33,39H,12,19-22,24H2,1-3H3,(H,40,44)(H,41,46)/t29-,31-,32+,33+/m0/s1. The molecule has 0 spiro atoms. The SMILES string of the molecule is CC(C)(C)OC(=O)N[C@H](Cc1c[nH]c2ccccc12)C(=O)N[C@H]1CCCN2C(=O)N(Cc3ccccc3)C(=O)[C@@H](Cc3ccccc3)[C@H]12. The number of benzene rings is 3. The molecule has 250 valence electrons. The monoisotopic (exact) mass is 649 g/mol. The maximum atomic E-state index is 14.3. The fourth-order valence-electron chi connectivity index (χ4n) is 6.94. The normalized spacial score (nSPS) is 20.3. The number of fused-ring (bicyclic) bond motifs is 2. The van der Waals surface area contributed by atoms with E-state index in [2.05, 4.69) is 15.6 Å². The summed E-state index contributed by atoms with van der Waals surface area (Å²) in [5, 5.41) is 6.94. The van der Waals surface area contributed by atoms with Gasteiger partial charge < -0.3 is 25.3 Å². The lowest BCUT2D eigenvalue weighted by molar-refractivity contribution is -0.142. The van der Waals surface area contributed by atoms with Gasteiger partial charge in [0.2, 0.25) is 11.8 Å². The van der Waals surface area contributed by atoms with E-state index in [1.807, 2.05) is 91.1 Å². The molecule has 48 heavy (non-hydrogen) atoms. The second kappa shape index (κ2) is 13.9. The number of piperidine rings is 1. The summed E-state index contributed by atoms with van der Waals surface area (Å²) in [4.78, 5) is 61.8. The summed E-state index contributed by atoms with van der Waals surface area (Å²) in [6, 6.07) is 24.7. The van der Waals surface area contributed by atoms with Crippen molar-refractivity contribution in [1.29, 1.82) is 0 Å². The van der Waals surface area contributed by atoms with Crippen LogP contribution in [0.4, 0.5) is 9.59 Å². The molecular weight excluding hydrogens is 606 g/mol. The average molecular weight is 650 g/mol. The molecule has 1 aromatic heterocycles. The van der Waals surface area contributed by atoms with Crippen LogP contribution < -0.4 is 10.6 Å². The van der Waals surface area contributed by atoms with Crippen LogP contribution in [0.1, 0.15) is 50.3 Å². The van der Waals surface area contributed by atoms with Crippen molar-refractivity contribution in [2.45, 2.75) is 76.7 Å². The van der Waals surface area contributed by atoms with E-state index in [1.165, 1.54) is 4.90 Å². The number of hydrogen-bond donors (Lipinski definition) is 3. The first-order valence-corrected chi connectivity index (χ1v) is 16.6. The molecule has 3 aromatic carbocycles. The Kier molecular flexibility index (Phi) is 9.52. The van der Waals surface area contributed by atoms with Crippen molar-refractivity contribution in [1.82, 2.24) is 25.4 Å². The minimum absolute atomic E-state index is 0.177. The number of rotatable bonds is 9. The lowest BCUT2D eigenvalue weighted by atomic mass is 9.80. The molecule has 5 amide bonds. The van der Waals surface area contributed by atoms with Gasteiger partial charge in [0.1, 0.15) is 11.6 Å². The zero-order chi connectivity index (χ0) is 33.8. The van der Waals surface area contributed by atoms with E-state index in [1.54, 1.807) is 25.7 Å². The largest absolute Gasteiger partial charge is 0.444 e. The fraction of sp³-hybridized carbons (Fsp3) is 0.368. The van der Waals surface area contributed by atoms with Gasteiger partial charge in [-0.1, -0.05) is 78.9 Å². The van der Waals surface area contributed by atoms with E-state index in [-0.39, 0.29) is 24.9 Å². The van der Waals surface area contributed by atoms with Crippen LogP contribution >= 0.6 is 0 Å². The molecule has 2 aliphatic heterocycles. The van der Waals surface area contributed by atoms with Crippen molar-refractivity contribution in [2.75, 3.05) is 6.54 Å². The highest BCUT2D eigenvalue weighted by molar-refractivity contribution is 5.99. The molecule has 4 aromatic rings. The predicted octanol–water partition coefficient (Wildman–Crippen LogP) is 5.57. The number of nitrogens with one attached hydrogen (secondary N) is 3. The number of aromatic nitrogens is 1. The number of hydrogen-bond acceptors (Lipinski definition) is 5. The number of amides is 5. The van der Waals surface area contributed by atoms with Crippen molar-refractivity contribution >= 4 is 34.8 Å². The molecule has 3 heterocycles. The number of imide groups is 1. The van der Waals surface area contributed by atoms with Gasteiger partial charge in [0.15, 0.2) is 0 Å². The number of urea groups is 1. The van der Waals surface area contributed by atoms with Gasteiger partial charge >= 0.3 is 12.1 Å². The highest BCUT2D eigenvalue weighted by Gasteiger charge is 2.51. The van der Waals surface area contributed by atoms with Crippen molar-refractivity contribution in [3.05, 3.63) is 108 Å². The van der Waals surface area contributed by atoms with Gasteiger partial charge in [0, 0.05) is 30.1 Å². The Balaban J connectivity index is 1.29. The molecule has 0 bridgehead atoms. The second-order valence-electron chi connectivity index (χ2n) is 13.7. The lowest BCUT2D eigenvalue weighted by Gasteiger charge is -2.50. The van der Waals surface area contributed by atoms with Gasteiger partial charge in [-0.05, 0) is 62.8 Å². The van der Waals surface area contributed by atoms with Crippen molar-refractivity contribution in [2.24, 2.45) is 5.92 Å². The smallest absolute Gasteiger partial charge is 0.408 e. The van der Waals surface area contributed by atoms with Crippen LogP contribution in [0, 0.1) is 5.92 Å². The van der Waals surface area contributed by atoms with E-state index < -0.39 is 41.6 Å². The van der Waals surface area contributed by atoms with Crippen molar-refractivity contribution < 1.29 is 23.9 Å². The summed E-state index contributed by atoms with van der Waals surface area (Å²) in [7, 11) is 0. The molecule has 6 rings (SSSR count). The Labute approximate surface area is 280 Å². The number of nitrogens with zero attached hydrogens (tertiary/aromatic N) is 2. The number of aromatic amines is 1. The summed E-state index contributed by atoms with van der Waals surface area (Å²) in [5.74, 6) is -1.23. The first-order valence-electron chi connectivity index (χ1n) is 16.6. The van der Waals surface area contributed by atoms with Crippen LogP contribution in [-0.4, -0.2) is 69.0 Å². The van der Waals surface area contributed by atoms with E-state index in [9.17, 15) is 19.2 Å². The first-order chi connectivity index (χ1) is 23.1. The number of H-pyrrole nitrogens is 1. The molecule has 2 fully saturated rings. The van der Waals surface area contributed by atoms with Crippen LogP contribution in [0.15, 0.2) is 91.1 Å². The van der Waals surface area contributed by atoms with E-state index in [4.69, 9.17) is 4.74 Å². The van der Waals surface area contributed by atoms with E-state index in [0.29, 0.717) is 25.8 Å². The molecule has 2 aliphatic rings. The third kappa shape index (κ3) is 7.38. The first kappa shape index (κ1) is 32.8. The van der Waals surface area contributed by atoms with Gasteiger partial charge in [0.05, 0.1) is 24.5 Å². The fourth-order valence-corrected chi connectivity index (χ4v) is 6.94. The predicted molar refractivity (Wildman–Crippen MR) is 183 cm³/mol. The highest BCUT2D eigenvalue weighted by atomic mass is 16.6. The van der Waals surface area contributed by atoms with Gasteiger partial charge in [-0.2, -0.15) is 0 Å². The Hall–Kier alpha value is -5.12. The summed E-state index contributed by atoms with van der Waals surface area (Å²) in [6.07, 6.45) is 3.02. The van der Waals surface area contributed by atoms with Crippen molar-refractivity contribution in [3.63, 3.8) is 0 Å². The Morgan fingerprint density at radius 1 is 0.938 bits per heavy atom. The van der Waals surface area contributed by atoms with Crippen LogP contribution in [0.5, 0.6) is 0 Å². The zero-order valence-corrected chi connectivity index (χ0v) is 27.6. The number of carbonyl (C=O) groups excluding carboxylic acids is 4. The molecule has 0 unspecified atom stereocenters. The quantitative estimate of drug-likeness (QED) is 0.219. The highest BCUT2D eigenvalue weighted by Crippen LogP contribution is 2.34. The molecule has 4 atom stereocenters. The van der Waals surface area contributed by atoms with E-state index in [0.717, 1.165) is 27.6 Å². The third-order valence-corrected chi connectivity index (χ3v) is 9.07. The number of ether oxygens (including phenoxy) is 1. The maximum absolute atomic E-state index is 14.3. The zero-order valence-electron chi connectivity index (χ0n) is 27.6.